The molecule has 0 unspecified atom stereocenters. The maximum absolute atomic E-state index is 12.0. The molecule has 1 heterocycles. The highest BCUT2D eigenvalue weighted by Gasteiger charge is 2.29. The number of rotatable bonds is 3. The van der Waals surface area contributed by atoms with E-state index in [2.05, 4.69) is 49.2 Å². The number of esters is 1. The van der Waals surface area contributed by atoms with Gasteiger partial charge in [0.05, 0.1) is 12.5 Å². The minimum Gasteiger partial charge on any atom is -0.466 e. The minimum absolute atomic E-state index is 0.0679. The van der Waals surface area contributed by atoms with Crippen molar-refractivity contribution in [3.8, 4) is 0 Å². The number of carbonyl (C=O) groups excluding carboxylic acids is 1. The van der Waals surface area contributed by atoms with E-state index in [1.165, 1.54) is 22.2 Å². The van der Waals surface area contributed by atoms with Crippen molar-refractivity contribution < 1.29 is 9.53 Å². The Balaban J connectivity index is 1.93. The zero-order chi connectivity index (χ0) is 15.7. The number of aryl methyl sites for hydroxylation is 1. The van der Waals surface area contributed by atoms with Gasteiger partial charge in [-0.15, -0.1) is 0 Å². The van der Waals surface area contributed by atoms with Crippen LogP contribution in [0.4, 0.5) is 0 Å². The largest absolute Gasteiger partial charge is 0.466 e. The van der Waals surface area contributed by atoms with Gasteiger partial charge in [-0.25, -0.2) is 0 Å². The molecular weight excluding hydrogens is 274 g/mol. The molecule has 0 radical (unpaired) electrons. The van der Waals surface area contributed by atoms with Gasteiger partial charge in [0.15, 0.2) is 0 Å². The lowest BCUT2D eigenvalue weighted by Crippen LogP contribution is -2.23. The van der Waals surface area contributed by atoms with Crippen LogP contribution in [0.1, 0.15) is 43.9 Å². The van der Waals surface area contributed by atoms with Crippen LogP contribution < -0.4 is 0 Å². The standard InChI is InChI=1S/C19H23NO2/c1-4-22-19(21)15-10-9-14(11-12(15)2)18-13(3)20-17-8-6-5-7-16(17)18/h5-8,11,14-15,20H,4,9-10H2,1-3H3/t14-,15-/m1/s1. The normalized spacial score (nSPS) is 21.7. The highest BCUT2D eigenvalue weighted by atomic mass is 16.5. The molecule has 0 spiro atoms. The molecule has 0 fully saturated rings. The smallest absolute Gasteiger partial charge is 0.313 e. The van der Waals surface area contributed by atoms with Gasteiger partial charge < -0.3 is 9.72 Å². The monoisotopic (exact) mass is 297 g/mol. The molecule has 3 rings (SSSR count). The predicted molar refractivity (Wildman–Crippen MR) is 88.9 cm³/mol. The second kappa shape index (κ2) is 5.99. The second-order valence-corrected chi connectivity index (χ2v) is 6.11. The molecule has 3 nitrogen and oxygen atoms in total. The molecule has 1 aliphatic rings. The fourth-order valence-corrected chi connectivity index (χ4v) is 3.64. The van der Waals surface area contributed by atoms with E-state index in [0.717, 1.165) is 18.4 Å². The van der Waals surface area contributed by atoms with Crippen LogP contribution >= 0.6 is 0 Å². The number of hydrogen-bond donors (Lipinski definition) is 1. The first kappa shape index (κ1) is 14.9. The second-order valence-electron chi connectivity index (χ2n) is 6.11. The van der Waals surface area contributed by atoms with E-state index in [1.54, 1.807) is 0 Å². The van der Waals surface area contributed by atoms with Gasteiger partial charge >= 0.3 is 5.97 Å². The van der Waals surface area contributed by atoms with Crippen LogP contribution in [0, 0.1) is 12.8 Å². The summed E-state index contributed by atoms with van der Waals surface area (Å²) in [5.74, 6) is 0.230. The molecular formula is C19H23NO2. The maximum Gasteiger partial charge on any atom is 0.313 e. The molecule has 2 aromatic rings. The van der Waals surface area contributed by atoms with Crippen LogP contribution in [0.25, 0.3) is 10.9 Å². The van der Waals surface area contributed by atoms with Crippen LogP contribution in [-0.4, -0.2) is 17.6 Å². The molecule has 2 atom stereocenters. The van der Waals surface area contributed by atoms with Gasteiger partial charge in [0, 0.05) is 22.5 Å². The SMILES string of the molecule is CCOC(=O)[C@@H]1CC[C@@H](c2c(C)[nH]c3ccccc23)C=C1C. The molecule has 3 heteroatoms. The molecule has 0 aliphatic heterocycles. The Kier molecular flexibility index (Phi) is 4.06. The third-order valence-corrected chi connectivity index (χ3v) is 4.67. The summed E-state index contributed by atoms with van der Waals surface area (Å²) >= 11 is 0. The van der Waals surface area contributed by atoms with Gasteiger partial charge in [-0.2, -0.15) is 0 Å². The first-order valence-electron chi connectivity index (χ1n) is 8.04. The number of benzene rings is 1. The van der Waals surface area contributed by atoms with Crippen LogP contribution in [0.15, 0.2) is 35.9 Å². The predicted octanol–water partition coefficient (Wildman–Crippen LogP) is 4.48. The number of ether oxygens (including phenoxy) is 1. The zero-order valence-electron chi connectivity index (χ0n) is 13.5. The number of nitrogens with one attached hydrogen (secondary N) is 1. The van der Waals surface area contributed by atoms with Crippen molar-refractivity contribution in [1.82, 2.24) is 4.98 Å². The van der Waals surface area contributed by atoms with Gasteiger partial charge in [-0.05, 0) is 45.2 Å². The Labute approximate surface area is 131 Å². The van der Waals surface area contributed by atoms with Crippen molar-refractivity contribution in [2.24, 2.45) is 5.92 Å². The molecule has 0 saturated carbocycles. The summed E-state index contributed by atoms with van der Waals surface area (Å²) in [5.41, 5.74) is 4.93. The molecule has 0 amide bonds. The summed E-state index contributed by atoms with van der Waals surface area (Å²) in [7, 11) is 0. The summed E-state index contributed by atoms with van der Waals surface area (Å²) < 4.78 is 5.19. The summed E-state index contributed by atoms with van der Waals surface area (Å²) in [6.07, 6.45) is 4.11. The van der Waals surface area contributed by atoms with Gasteiger partial charge in [-0.3, -0.25) is 4.79 Å². The molecule has 0 bridgehead atoms. The van der Waals surface area contributed by atoms with Crippen molar-refractivity contribution in [1.29, 1.82) is 0 Å². The van der Waals surface area contributed by atoms with Gasteiger partial charge in [0.1, 0.15) is 0 Å². The highest BCUT2D eigenvalue weighted by Crippen LogP contribution is 2.39. The first-order valence-corrected chi connectivity index (χ1v) is 8.04. The molecule has 1 N–H and O–H groups in total. The van der Waals surface area contributed by atoms with Crippen molar-refractivity contribution in [3.05, 3.63) is 47.2 Å². The summed E-state index contributed by atoms with van der Waals surface area (Å²) in [6.45, 7) is 6.50. The van der Waals surface area contributed by atoms with Crippen LogP contribution in [-0.2, 0) is 9.53 Å². The van der Waals surface area contributed by atoms with E-state index < -0.39 is 0 Å². The summed E-state index contributed by atoms with van der Waals surface area (Å²) in [4.78, 5) is 15.5. The lowest BCUT2D eigenvalue weighted by atomic mass is 9.79. The number of para-hydroxylation sites is 1. The topological polar surface area (TPSA) is 42.1 Å². The molecule has 1 aliphatic carbocycles. The van der Waals surface area contributed by atoms with Gasteiger partial charge in [0.25, 0.3) is 0 Å². The average Bonchev–Trinajstić information content (AvgIpc) is 2.83. The number of carbonyl (C=O) groups is 1. The quantitative estimate of drug-likeness (QED) is 0.670. The van der Waals surface area contributed by atoms with E-state index in [4.69, 9.17) is 4.74 Å². The van der Waals surface area contributed by atoms with Crippen LogP contribution in [0.3, 0.4) is 0 Å². The Bertz CT molecular complexity index is 726. The summed E-state index contributed by atoms with van der Waals surface area (Å²) in [6, 6.07) is 8.43. The van der Waals surface area contributed by atoms with Crippen molar-refractivity contribution in [3.63, 3.8) is 0 Å². The fourth-order valence-electron chi connectivity index (χ4n) is 3.64. The lowest BCUT2D eigenvalue weighted by Gasteiger charge is -2.26. The summed E-state index contributed by atoms with van der Waals surface area (Å²) in [5, 5.41) is 1.30. The van der Waals surface area contributed by atoms with E-state index in [1.807, 2.05) is 6.92 Å². The lowest BCUT2D eigenvalue weighted by molar-refractivity contribution is -0.147. The Morgan fingerprint density at radius 1 is 1.27 bits per heavy atom. The number of fused-ring (bicyclic) bond motifs is 1. The number of allylic oxidation sites excluding steroid dienone is 1. The van der Waals surface area contributed by atoms with Crippen molar-refractivity contribution >= 4 is 16.9 Å². The van der Waals surface area contributed by atoms with E-state index in [9.17, 15) is 4.79 Å². The molecule has 0 saturated heterocycles. The third-order valence-electron chi connectivity index (χ3n) is 4.67. The molecule has 1 aromatic carbocycles. The zero-order valence-corrected chi connectivity index (χ0v) is 13.5. The highest BCUT2D eigenvalue weighted by molar-refractivity contribution is 5.85. The van der Waals surface area contributed by atoms with E-state index in [0.29, 0.717) is 12.5 Å². The van der Waals surface area contributed by atoms with Crippen LogP contribution in [0.5, 0.6) is 0 Å². The van der Waals surface area contributed by atoms with Crippen molar-refractivity contribution in [2.75, 3.05) is 6.61 Å². The average molecular weight is 297 g/mol. The Morgan fingerprint density at radius 3 is 2.77 bits per heavy atom. The molecule has 22 heavy (non-hydrogen) atoms. The van der Waals surface area contributed by atoms with Gasteiger partial charge in [0.2, 0.25) is 0 Å². The third kappa shape index (κ3) is 2.56. The Hall–Kier alpha value is -2.03. The molecule has 1 aromatic heterocycles. The van der Waals surface area contributed by atoms with Crippen molar-refractivity contribution in [2.45, 2.75) is 39.5 Å². The Morgan fingerprint density at radius 2 is 2.05 bits per heavy atom. The molecule has 116 valence electrons. The fraction of sp³-hybridized carbons (Fsp3) is 0.421. The first-order chi connectivity index (χ1) is 10.6. The number of aromatic amines is 1. The van der Waals surface area contributed by atoms with Crippen LogP contribution in [0.2, 0.25) is 0 Å². The maximum atomic E-state index is 12.0. The number of H-pyrrole nitrogens is 1. The van der Waals surface area contributed by atoms with E-state index >= 15 is 0 Å². The van der Waals surface area contributed by atoms with E-state index in [-0.39, 0.29) is 11.9 Å². The number of aromatic nitrogens is 1. The minimum atomic E-state index is -0.0784. The number of hydrogen-bond acceptors (Lipinski definition) is 2. The van der Waals surface area contributed by atoms with Gasteiger partial charge in [-0.1, -0.05) is 29.8 Å².